The van der Waals surface area contributed by atoms with Gasteiger partial charge < -0.3 is 44.5 Å². The normalized spacial score (nSPS) is 15.4. The standard InChI is InChI=1S/C38H49N7O9/c1-37(2,3)53-34(47)40-17-18-44(35(48)54-38(4,5)6)19-20-50-32-12-8-11-28(41-32)26-10-7-9-25(21-26)22-39-16-15-27-23-45(36(49)52-27)30-14-13-29-33(42-30)43-31(46)24-51-29/h7-14,21,27,39H,15-20,22-24H2,1-6H3,(H,40,47)(H,42,43,46)/t27-/m0/s1. The average Bonchev–Trinajstić information content (AvgIpc) is 3.47. The molecule has 16 nitrogen and oxygen atoms in total. The van der Waals surface area contributed by atoms with Crippen LogP contribution in [0.1, 0.15) is 53.5 Å². The van der Waals surface area contributed by atoms with Gasteiger partial charge in [0.05, 0.1) is 18.8 Å². The number of benzene rings is 1. The van der Waals surface area contributed by atoms with Gasteiger partial charge in [0, 0.05) is 31.3 Å². The number of amides is 4. The number of ether oxygens (including phenoxy) is 5. The molecule has 1 saturated heterocycles. The Hall–Kier alpha value is -5.64. The van der Waals surface area contributed by atoms with E-state index in [9.17, 15) is 19.2 Å². The second-order valence-corrected chi connectivity index (χ2v) is 14.7. The second-order valence-electron chi connectivity index (χ2n) is 14.7. The molecule has 0 spiro atoms. The molecule has 1 atom stereocenters. The van der Waals surface area contributed by atoms with Crippen LogP contribution in [-0.4, -0.2) is 102 Å². The van der Waals surface area contributed by atoms with Gasteiger partial charge in [0.2, 0.25) is 5.88 Å². The third kappa shape index (κ3) is 11.9. The Morgan fingerprint density at radius 2 is 1.74 bits per heavy atom. The number of aromatic nitrogens is 2. The summed E-state index contributed by atoms with van der Waals surface area (Å²) in [6.07, 6.45) is -1.31. The number of pyridine rings is 2. The number of nitrogens with one attached hydrogen (secondary N) is 3. The minimum atomic E-state index is -0.693. The van der Waals surface area contributed by atoms with Crippen LogP contribution >= 0.6 is 0 Å². The molecule has 1 fully saturated rings. The van der Waals surface area contributed by atoms with E-state index in [2.05, 4.69) is 25.9 Å². The number of nitrogens with zero attached hydrogens (tertiary/aromatic N) is 4. The molecule has 290 valence electrons. The Bertz CT molecular complexity index is 1810. The van der Waals surface area contributed by atoms with Crippen molar-refractivity contribution in [3.63, 3.8) is 0 Å². The molecule has 0 unspecified atom stereocenters. The van der Waals surface area contributed by atoms with Crippen LogP contribution in [0.2, 0.25) is 0 Å². The van der Waals surface area contributed by atoms with Crippen LogP contribution in [0.4, 0.5) is 26.0 Å². The highest BCUT2D eigenvalue weighted by molar-refractivity contribution is 5.95. The molecule has 0 radical (unpaired) electrons. The van der Waals surface area contributed by atoms with Crippen LogP contribution in [0, 0.1) is 0 Å². The van der Waals surface area contributed by atoms with Crippen molar-refractivity contribution in [1.29, 1.82) is 0 Å². The Morgan fingerprint density at radius 1 is 0.963 bits per heavy atom. The molecular weight excluding hydrogens is 698 g/mol. The molecule has 0 aliphatic carbocycles. The maximum atomic E-state index is 12.9. The third-order valence-electron chi connectivity index (χ3n) is 7.84. The maximum absolute atomic E-state index is 12.9. The highest BCUT2D eigenvalue weighted by atomic mass is 16.6. The number of carbonyl (C=O) groups excluding carboxylic acids is 4. The van der Waals surface area contributed by atoms with E-state index in [1.165, 1.54) is 9.80 Å². The average molecular weight is 748 g/mol. The van der Waals surface area contributed by atoms with Gasteiger partial charge in [-0.05, 0) is 84.3 Å². The summed E-state index contributed by atoms with van der Waals surface area (Å²) in [6, 6.07) is 16.8. The van der Waals surface area contributed by atoms with E-state index in [1.807, 2.05) is 36.4 Å². The third-order valence-corrected chi connectivity index (χ3v) is 7.84. The largest absolute Gasteiger partial charge is 0.480 e. The summed E-state index contributed by atoms with van der Waals surface area (Å²) >= 11 is 0. The fourth-order valence-corrected chi connectivity index (χ4v) is 5.44. The summed E-state index contributed by atoms with van der Waals surface area (Å²) in [4.78, 5) is 61.2. The Labute approximate surface area is 314 Å². The number of fused-ring (bicyclic) bond motifs is 1. The summed E-state index contributed by atoms with van der Waals surface area (Å²) in [5.41, 5.74) is 1.34. The fourth-order valence-electron chi connectivity index (χ4n) is 5.44. The lowest BCUT2D eigenvalue weighted by molar-refractivity contribution is -0.118. The molecule has 3 N–H and O–H groups in total. The Morgan fingerprint density at radius 3 is 2.52 bits per heavy atom. The van der Waals surface area contributed by atoms with Crippen molar-refractivity contribution in [1.82, 2.24) is 25.5 Å². The number of anilines is 2. The van der Waals surface area contributed by atoms with Gasteiger partial charge in [0.25, 0.3) is 5.91 Å². The molecule has 3 aromatic rings. The van der Waals surface area contributed by atoms with Gasteiger partial charge in [-0.15, -0.1) is 0 Å². The van der Waals surface area contributed by atoms with Gasteiger partial charge in [-0.1, -0.05) is 24.3 Å². The Kier molecular flexibility index (Phi) is 12.8. The van der Waals surface area contributed by atoms with E-state index in [0.717, 1.165) is 16.8 Å². The zero-order valence-electron chi connectivity index (χ0n) is 31.6. The highest BCUT2D eigenvalue weighted by Crippen LogP contribution is 2.30. The van der Waals surface area contributed by atoms with Crippen molar-refractivity contribution < 1.29 is 42.9 Å². The van der Waals surface area contributed by atoms with Crippen LogP contribution in [0.25, 0.3) is 11.3 Å². The fraction of sp³-hybridized carbons (Fsp3) is 0.474. The Balaban J connectivity index is 1.09. The zero-order chi connectivity index (χ0) is 38.9. The summed E-state index contributed by atoms with van der Waals surface area (Å²) in [7, 11) is 0. The van der Waals surface area contributed by atoms with Crippen LogP contribution < -0.4 is 30.3 Å². The van der Waals surface area contributed by atoms with E-state index in [4.69, 9.17) is 23.7 Å². The molecule has 16 heteroatoms. The number of rotatable bonds is 14. The molecule has 2 aliphatic rings. The van der Waals surface area contributed by atoms with Gasteiger partial charge in [-0.25, -0.2) is 24.4 Å². The van der Waals surface area contributed by atoms with E-state index in [1.54, 1.807) is 59.7 Å². The molecule has 0 saturated carbocycles. The van der Waals surface area contributed by atoms with Crippen LogP contribution in [-0.2, 0) is 25.5 Å². The van der Waals surface area contributed by atoms with Gasteiger partial charge in [0.1, 0.15) is 29.7 Å². The number of cyclic esters (lactones) is 1. The molecular formula is C38H49N7O9. The number of hydrogen-bond acceptors (Lipinski definition) is 12. The number of alkyl carbamates (subject to hydrolysis) is 1. The first kappa shape index (κ1) is 39.6. The number of hydrogen-bond donors (Lipinski definition) is 3. The zero-order valence-corrected chi connectivity index (χ0v) is 31.6. The molecule has 2 aromatic heterocycles. The monoisotopic (exact) mass is 747 g/mol. The second kappa shape index (κ2) is 17.5. The molecule has 5 rings (SSSR count). The molecule has 54 heavy (non-hydrogen) atoms. The van der Waals surface area contributed by atoms with Crippen molar-refractivity contribution in [2.75, 3.05) is 56.2 Å². The predicted molar refractivity (Wildman–Crippen MR) is 200 cm³/mol. The number of carbonyl (C=O) groups is 4. The highest BCUT2D eigenvalue weighted by Gasteiger charge is 2.33. The minimum Gasteiger partial charge on any atom is -0.480 e. The van der Waals surface area contributed by atoms with Gasteiger partial charge in [-0.3, -0.25) is 9.69 Å². The van der Waals surface area contributed by atoms with Crippen molar-refractivity contribution in [3.8, 4) is 22.9 Å². The smallest absolute Gasteiger partial charge is 0.415 e. The van der Waals surface area contributed by atoms with E-state index in [0.29, 0.717) is 43.5 Å². The quantitative estimate of drug-likeness (QED) is 0.146. The van der Waals surface area contributed by atoms with Gasteiger partial charge in [0.15, 0.2) is 18.2 Å². The summed E-state index contributed by atoms with van der Waals surface area (Å²) < 4.78 is 27.7. The van der Waals surface area contributed by atoms with E-state index >= 15 is 0 Å². The molecule has 4 amide bonds. The molecule has 4 heterocycles. The summed E-state index contributed by atoms with van der Waals surface area (Å²) in [6.45, 7) is 12.9. The predicted octanol–water partition coefficient (Wildman–Crippen LogP) is 5.12. The molecule has 2 aliphatic heterocycles. The van der Waals surface area contributed by atoms with Gasteiger partial charge in [-0.2, -0.15) is 0 Å². The first-order valence-electron chi connectivity index (χ1n) is 17.9. The van der Waals surface area contributed by atoms with Crippen LogP contribution in [0.5, 0.6) is 11.6 Å². The van der Waals surface area contributed by atoms with E-state index < -0.39 is 29.5 Å². The van der Waals surface area contributed by atoms with Crippen molar-refractivity contribution in [2.45, 2.75) is 71.8 Å². The van der Waals surface area contributed by atoms with Gasteiger partial charge >= 0.3 is 18.3 Å². The first-order valence-corrected chi connectivity index (χ1v) is 17.9. The SMILES string of the molecule is CC(C)(C)OC(=O)NCCN(CCOc1cccc(-c2cccc(CNCC[C@H]3CN(c4ccc5c(n4)NC(=O)CO5)C(=O)O3)c2)n1)C(=O)OC(C)(C)C. The molecule has 0 bridgehead atoms. The summed E-state index contributed by atoms with van der Waals surface area (Å²) in [5.74, 6) is 1.21. The first-order chi connectivity index (χ1) is 25.6. The lowest BCUT2D eigenvalue weighted by Gasteiger charge is -2.27. The van der Waals surface area contributed by atoms with Crippen molar-refractivity contribution in [2.24, 2.45) is 0 Å². The van der Waals surface area contributed by atoms with Crippen molar-refractivity contribution in [3.05, 3.63) is 60.2 Å². The summed E-state index contributed by atoms with van der Waals surface area (Å²) in [5, 5.41) is 8.74. The molecule has 1 aromatic carbocycles. The topological polar surface area (TPSA) is 183 Å². The lowest BCUT2D eigenvalue weighted by Crippen LogP contribution is -2.44. The van der Waals surface area contributed by atoms with Crippen molar-refractivity contribution >= 4 is 35.8 Å². The van der Waals surface area contributed by atoms with Crippen LogP contribution in [0.3, 0.4) is 0 Å². The van der Waals surface area contributed by atoms with Crippen LogP contribution in [0.15, 0.2) is 54.6 Å². The van der Waals surface area contributed by atoms with E-state index in [-0.39, 0.29) is 50.7 Å². The lowest BCUT2D eigenvalue weighted by atomic mass is 10.1. The maximum Gasteiger partial charge on any atom is 0.415 e. The minimum absolute atomic E-state index is 0.0710.